The lowest BCUT2D eigenvalue weighted by Gasteiger charge is -2.36. The summed E-state index contributed by atoms with van der Waals surface area (Å²) in [6.45, 7) is 4.00. The highest BCUT2D eigenvalue weighted by Gasteiger charge is 2.28. The van der Waals surface area contributed by atoms with Crippen molar-refractivity contribution >= 4 is 28.9 Å². The molecule has 156 valence electrons. The number of hydrogen-bond acceptors (Lipinski definition) is 7. The van der Waals surface area contributed by atoms with Crippen LogP contribution in [0.5, 0.6) is 0 Å². The van der Waals surface area contributed by atoms with Crippen LogP contribution in [0.15, 0.2) is 28.8 Å². The molecule has 0 spiro atoms. The molecule has 1 aromatic carbocycles. The Bertz CT molecular complexity index is 1070. The first-order valence-corrected chi connectivity index (χ1v) is 11.0. The maximum absolute atomic E-state index is 6.48. The molecule has 0 amide bonds. The number of benzene rings is 1. The molecule has 30 heavy (non-hydrogen) atoms. The number of fused-ring (bicyclic) bond motifs is 1. The molecule has 2 aliphatic rings. The van der Waals surface area contributed by atoms with Crippen molar-refractivity contribution in [3.63, 3.8) is 0 Å². The van der Waals surface area contributed by atoms with Gasteiger partial charge in [-0.3, -0.25) is 0 Å². The minimum Gasteiger partial charge on any atom is -0.363 e. The summed E-state index contributed by atoms with van der Waals surface area (Å²) in [5.74, 6) is 1.07. The number of halogens is 2. The fourth-order valence-electron chi connectivity index (χ4n) is 4.27. The van der Waals surface area contributed by atoms with Gasteiger partial charge in [0.05, 0.1) is 23.5 Å². The molecule has 0 aliphatic carbocycles. The average Bonchev–Trinajstić information content (AvgIpc) is 3.46. The van der Waals surface area contributed by atoms with Crippen LogP contribution in [-0.2, 0) is 6.42 Å². The van der Waals surface area contributed by atoms with Crippen LogP contribution in [0, 0.1) is 0 Å². The van der Waals surface area contributed by atoms with E-state index in [9.17, 15) is 0 Å². The van der Waals surface area contributed by atoms with E-state index < -0.39 is 0 Å². The minimum atomic E-state index is 0.0354. The predicted octanol–water partition coefficient (Wildman–Crippen LogP) is 4.77. The molecule has 7 nitrogen and oxygen atoms in total. The van der Waals surface area contributed by atoms with Gasteiger partial charge in [0.2, 0.25) is 0 Å². The lowest BCUT2D eigenvalue weighted by molar-refractivity contribution is 0.410. The van der Waals surface area contributed by atoms with Gasteiger partial charge in [-0.1, -0.05) is 28.4 Å². The van der Waals surface area contributed by atoms with Crippen LogP contribution in [0.4, 0.5) is 5.69 Å². The molecule has 2 aromatic heterocycles. The van der Waals surface area contributed by atoms with Crippen molar-refractivity contribution in [1.29, 1.82) is 0 Å². The van der Waals surface area contributed by atoms with Crippen molar-refractivity contribution in [3.05, 3.63) is 51.4 Å². The van der Waals surface area contributed by atoms with Crippen LogP contribution in [0.3, 0.4) is 0 Å². The number of nitrogens with zero attached hydrogens (tertiary/aromatic N) is 5. The summed E-state index contributed by atoms with van der Waals surface area (Å²) in [5.41, 5.74) is 3.56. The highest BCUT2D eigenvalue weighted by atomic mass is 35.5. The Morgan fingerprint density at radius 2 is 2.10 bits per heavy atom. The van der Waals surface area contributed by atoms with Gasteiger partial charge in [-0.15, -0.1) is 5.10 Å². The van der Waals surface area contributed by atoms with E-state index in [4.69, 9.17) is 27.7 Å². The van der Waals surface area contributed by atoms with Crippen LogP contribution in [-0.4, -0.2) is 33.4 Å². The molecule has 1 unspecified atom stereocenters. The van der Waals surface area contributed by atoms with Gasteiger partial charge in [0.25, 0.3) is 5.89 Å². The van der Waals surface area contributed by atoms with Gasteiger partial charge >= 0.3 is 0 Å². The third-order valence-electron chi connectivity index (χ3n) is 5.88. The lowest BCUT2D eigenvalue weighted by atomic mass is 10.0. The van der Waals surface area contributed by atoms with E-state index in [0.717, 1.165) is 55.7 Å². The number of anilines is 1. The van der Waals surface area contributed by atoms with E-state index in [0.29, 0.717) is 27.5 Å². The summed E-state index contributed by atoms with van der Waals surface area (Å²) < 4.78 is 5.51. The second-order valence-electron chi connectivity index (χ2n) is 7.81. The smallest absolute Gasteiger partial charge is 0.278 e. The molecular weight excluding hydrogens is 423 g/mol. The average molecular weight is 445 g/mol. The predicted molar refractivity (Wildman–Crippen MR) is 116 cm³/mol. The largest absolute Gasteiger partial charge is 0.363 e. The van der Waals surface area contributed by atoms with Crippen molar-refractivity contribution in [2.24, 2.45) is 0 Å². The van der Waals surface area contributed by atoms with Crippen LogP contribution in [0.2, 0.25) is 10.0 Å². The van der Waals surface area contributed by atoms with E-state index in [1.54, 1.807) is 6.07 Å². The quantitative estimate of drug-likeness (QED) is 0.620. The minimum absolute atomic E-state index is 0.0354. The van der Waals surface area contributed by atoms with E-state index >= 15 is 0 Å². The maximum Gasteiger partial charge on any atom is 0.278 e. The molecular formula is C21H22Cl2N6O. The van der Waals surface area contributed by atoms with Crippen LogP contribution < -0.4 is 10.2 Å². The normalized spacial score (nSPS) is 19.7. The topological polar surface area (TPSA) is 80.0 Å². The van der Waals surface area contributed by atoms with Crippen molar-refractivity contribution in [1.82, 2.24) is 25.7 Å². The van der Waals surface area contributed by atoms with Gasteiger partial charge in [0.15, 0.2) is 11.5 Å². The molecule has 5 rings (SSSR count). The zero-order valence-electron chi connectivity index (χ0n) is 16.6. The van der Waals surface area contributed by atoms with E-state index in [1.807, 2.05) is 18.2 Å². The molecule has 4 heterocycles. The zero-order valence-corrected chi connectivity index (χ0v) is 18.1. The molecule has 1 N–H and O–H groups in total. The third kappa shape index (κ3) is 3.66. The van der Waals surface area contributed by atoms with Gasteiger partial charge in [0.1, 0.15) is 0 Å². The summed E-state index contributed by atoms with van der Waals surface area (Å²) in [6, 6.07) is 7.75. The Morgan fingerprint density at radius 1 is 1.20 bits per heavy atom. The molecule has 2 aliphatic heterocycles. The van der Waals surface area contributed by atoms with Crippen LogP contribution in [0.25, 0.3) is 11.6 Å². The number of rotatable bonds is 4. The second kappa shape index (κ2) is 8.13. The first kappa shape index (κ1) is 19.7. The van der Waals surface area contributed by atoms with E-state index in [2.05, 4.69) is 37.5 Å². The summed E-state index contributed by atoms with van der Waals surface area (Å²) in [6.07, 6.45) is 4.02. The molecule has 1 saturated heterocycles. The molecule has 0 radical (unpaired) electrons. The first-order valence-electron chi connectivity index (χ1n) is 10.3. The SMILES string of the molecule is C[C@H](c1cc(Cl)ccc1Cl)N1CCCc2nnc(-c3nc(C4CCCN4)no3)cc21. The number of aryl methyl sites for hydroxylation is 1. The maximum atomic E-state index is 6.48. The molecule has 1 fully saturated rings. The molecule has 0 bridgehead atoms. The standard InChI is InChI=1S/C21H22Cl2N6O/c1-12(14-10-13(22)6-7-15(14)23)29-9-3-5-16-19(29)11-18(27-26-16)21-25-20(28-30-21)17-4-2-8-24-17/h6-7,10-12,17,24H,2-5,8-9H2,1H3/t12-,17?/m1/s1. The Balaban J connectivity index is 1.48. The van der Waals surface area contributed by atoms with E-state index in [1.165, 1.54) is 0 Å². The summed E-state index contributed by atoms with van der Waals surface area (Å²) in [5, 5.41) is 17.7. The fourth-order valence-corrected chi connectivity index (χ4v) is 4.72. The van der Waals surface area contributed by atoms with Gasteiger partial charge in [0, 0.05) is 16.6 Å². The third-order valence-corrected chi connectivity index (χ3v) is 6.46. The summed E-state index contributed by atoms with van der Waals surface area (Å²) in [4.78, 5) is 6.86. The number of nitrogens with one attached hydrogen (secondary N) is 1. The van der Waals surface area contributed by atoms with Crippen molar-refractivity contribution in [2.45, 2.75) is 44.7 Å². The van der Waals surface area contributed by atoms with Crippen LogP contribution >= 0.6 is 23.2 Å². The molecule has 2 atom stereocenters. The van der Waals surface area contributed by atoms with Gasteiger partial charge in [-0.2, -0.15) is 10.1 Å². The Hall–Kier alpha value is -2.22. The Labute approximate surface area is 184 Å². The molecule has 9 heteroatoms. The van der Waals surface area contributed by atoms with Crippen LogP contribution in [0.1, 0.15) is 55.4 Å². The monoisotopic (exact) mass is 444 g/mol. The van der Waals surface area contributed by atoms with Crippen molar-refractivity contribution in [2.75, 3.05) is 18.0 Å². The van der Waals surface area contributed by atoms with Crippen molar-refractivity contribution < 1.29 is 4.52 Å². The Morgan fingerprint density at radius 3 is 2.93 bits per heavy atom. The Kier molecular flexibility index (Phi) is 5.35. The van der Waals surface area contributed by atoms with E-state index in [-0.39, 0.29) is 12.1 Å². The molecule has 0 saturated carbocycles. The fraction of sp³-hybridized carbons (Fsp3) is 0.429. The zero-order chi connectivity index (χ0) is 20.7. The van der Waals surface area contributed by atoms with Crippen molar-refractivity contribution in [3.8, 4) is 11.6 Å². The van der Waals surface area contributed by atoms with Gasteiger partial charge in [-0.25, -0.2) is 0 Å². The number of aromatic nitrogens is 4. The van der Waals surface area contributed by atoms with Gasteiger partial charge < -0.3 is 14.7 Å². The summed E-state index contributed by atoms with van der Waals surface area (Å²) in [7, 11) is 0. The molecule has 3 aromatic rings. The second-order valence-corrected chi connectivity index (χ2v) is 8.65. The van der Waals surface area contributed by atoms with Gasteiger partial charge in [-0.05, 0) is 69.0 Å². The first-order chi connectivity index (χ1) is 14.6. The highest BCUT2D eigenvalue weighted by molar-refractivity contribution is 6.33. The summed E-state index contributed by atoms with van der Waals surface area (Å²) >= 11 is 12.7. The highest BCUT2D eigenvalue weighted by Crippen LogP contribution is 2.37. The lowest BCUT2D eigenvalue weighted by Crippen LogP contribution is -2.33. The number of hydrogen-bond donors (Lipinski definition) is 1.